The summed E-state index contributed by atoms with van der Waals surface area (Å²) in [4.78, 5) is 10.6. The van der Waals surface area contributed by atoms with Gasteiger partial charge in [0.25, 0.3) is 0 Å². The number of rotatable bonds is 4. The predicted octanol–water partition coefficient (Wildman–Crippen LogP) is 3.12. The molecule has 4 nitrogen and oxygen atoms in total. The van der Waals surface area contributed by atoms with Gasteiger partial charge in [-0.1, -0.05) is 30.3 Å². The van der Waals surface area contributed by atoms with Crippen LogP contribution in [0.5, 0.6) is 0 Å². The van der Waals surface area contributed by atoms with Gasteiger partial charge < -0.3 is 10.2 Å². The Balaban J connectivity index is 1.69. The zero-order valence-electron chi connectivity index (χ0n) is 13.1. The van der Waals surface area contributed by atoms with E-state index < -0.39 is 12.6 Å². The zero-order valence-corrected chi connectivity index (χ0v) is 13.1. The van der Waals surface area contributed by atoms with Crippen molar-refractivity contribution in [3.05, 3.63) is 53.9 Å². The summed E-state index contributed by atoms with van der Waals surface area (Å²) in [7, 11) is 0. The van der Waals surface area contributed by atoms with E-state index in [2.05, 4.69) is 27.4 Å². The second kappa shape index (κ2) is 7.17. The molecule has 128 valence electrons. The number of benzene rings is 1. The monoisotopic (exact) mass is 336 g/mol. The third-order valence-electron chi connectivity index (χ3n) is 4.03. The fourth-order valence-electron chi connectivity index (χ4n) is 2.79. The van der Waals surface area contributed by atoms with Gasteiger partial charge in [-0.25, -0.2) is 9.97 Å². The Hall–Kier alpha value is -2.15. The highest BCUT2D eigenvalue weighted by Crippen LogP contribution is 2.23. The first-order chi connectivity index (χ1) is 11.5. The molecule has 0 amide bonds. The molecule has 2 heterocycles. The van der Waals surface area contributed by atoms with Crippen LogP contribution in [-0.4, -0.2) is 35.8 Å². The largest absolute Gasteiger partial charge is 0.389 e. The molecule has 2 aromatic rings. The molecule has 0 spiro atoms. The van der Waals surface area contributed by atoms with Crippen molar-refractivity contribution < 1.29 is 13.2 Å². The highest BCUT2D eigenvalue weighted by atomic mass is 19.4. The molecule has 1 aromatic carbocycles. The van der Waals surface area contributed by atoms with E-state index in [1.165, 1.54) is 11.8 Å². The molecule has 1 atom stereocenters. The van der Waals surface area contributed by atoms with Crippen molar-refractivity contribution in [3.8, 4) is 0 Å². The fourth-order valence-corrected chi connectivity index (χ4v) is 2.79. The summed E-state index contributed by atoms with van der Waals surface area (Å²) < 4.78 is 37.1. The molecule has 0 aliphatic carbocycles. The average molecular weight is 336 g/mol. The third-order valence-corrected chi connectivity index (χ3v) is 4.03. The van der Waals surface area contributed by atoms with Crippen LogP contribution in [0.3, 0.4) is 0 Å². The van der Waals surface area contributed by atoms with E-state index in [9.17, 15) is 13.2 Å². The Morgan fingerprint density at radius 2 is 1.96 bits per heavy atom. The lowest BCUT2D eigenvalue weighted by atomic mass is 10.0. The summed E-state index contributed by atoms with van der Waals surface area (Å²) in [5.41, 5.74) is 1.60. The molecule has 1 fully saturated rings. The number of hydrogen-bond donors (Lipinski definition) is 1. The number of piperazine rings is 1. The highest BCUT2D eigenvalue weighted by Gasteiger charge is 2.27. The highest BCUT2D eigenvalue weighted by molar-refractivity contribution is 5.34. The van der Waals surface area contributed by atoms with Crippen LogP contribution in [0.2, 0.25) is 0 Å². The summed E-state index contributed by atoms with van der Waals surface area (Å²) >= 11 is 0. The Bertz CT molecular complexity index is 660. The van der Waals surface area contributed by atoms with Gasteiger partial charge in [0, 0.05) is 44.0 Å². The summed E-state index contributed by atoms with van der Waals surface area (Å²) in [6.45, 7) is 2.19. The molecule has 1 aromatic heterocycles. The van der Waals surface area contributed by atoms with Gasteiger partial charge in [-0.15, -0.1) is 0 Å². The van der Waals surface area contributed by atoms with Crippen molar-refractivity contribution in [1.29, 1.82) is 0 Å². The first-order valence-electron chi connectivity index (χ1n) is 7.93. The van der Waals surface area contributed by atoms with Gasteiger partial charge in [0.1, 0.15) is 0 Å². The topological polar surface area (TPSA) is 41.1 Å². The van der Waals surface area contributed by atoms with Crippen molar-refractivity contribution in [1.82, 2.24) is 15.3 Å². The van der Waals surface area contributed by atoms with Crippen molar-refractivity contribution in [2.24, 2.45) is 0 Å². The van der Waals surface area contributed by atoms with Crippen molar-refractivity contribution >= 4 is 5.95 Å². The van der Waals surface area contributed by atoms with Crippen molar-refractivity contribution in [2.75, 3.05) is 24.5 Å². The Labute approximate surface area is 138 Å². The van der Waals surface area contributed by atoms with Crippen LogP contribution >= 0.6 is 0 Å². The van der Waals surface area contributed by atoms with E-state index in [0.29, 0.717) is 18.2 Å². The summed E-state index contributed by atoms with van der Waals surface area (Å²) in [5.74, 6) is 0.497. The second-order valence-electron chi connectivity index (χ2n) is 5.83. The molecule has 1 saturated heterocycles. The number of hydrogen-bond acceptors (Lipinski definition) is 4. The average Bonchev–Trinajstić information content (AvgIpc) is 2.61. The van der Waals surface area contributed by atoms with Gasteiger partial charge in [-0.3, -0.25) is 0 Å². The van der Waals surface area contributed by atoms with Crippen LogP contribution in [0.4, 0.5) is 19.1 Å². The molecule has 1 aliphatic rings. The Morgan fingerprint density at radius 1 is 1.17 bits per heavy atom. The van der Waals surface area contributed by atoms with Crippen molar-refractivity contribution in [3.63, 3.8) is 0 Å². The van der Waals surface area contributed by atoms with Gasteiger partial charge in [-0.2, -0.15) is 13.2 Å². The molecule has 0 unspecified atom stereocenters. The van der Waals surface area contributed by atoms with Gasteiger partial charge in [0.2, 0.25) is 5.95 Å². The van der Waals surface area contributed by atoms with Crippen LogP contribution in [0.1, 0.15) is 23.7 Å². The molecule has 7 heteroatoms. The first-order valence-corrected chi connectivity index (χ1v) is 7.93. The maximum absolute atomic E-state index is 12.4. The van der Waals surface area contributed by atoms with Crippen LogP contribution in [0.25, 0.3) is 0 Å². The molecule has 0 radical (unpaired) electrons. The second-order valence-corrected chi connectivity index (χ2v) is 5.83. The molecule has 24 heavy (non-hydrogen) atoms. The molecule has 0 bridgehead atoms. The SMILES string of the molecule is FC(F)(F)CCc1ccnc(N2CCN[C@@H](c3ccccc3)C2)n1. The quantitative estimate of drug-likeness (QED) is 0.931. The smallest absolute Gasteiger partial charge is 0.338 e. The number of alkyl halides is 3. The normalized spacial score (nSPS) is 18.6. The van der Waals surface area contributed by atoms with E-state index in [0.717, 1.165) is 13.1 Å². The van der Waals surface area contributed by atoms with Gasteiger partial charge >= 0.3 is 6.18 Å². The minimum absolute atomic E-state index is 0.118. The third kappa shape index (κ3) is 4.44. The van der Waals surface area contributed by atoms with Crippen molar-refractivity contribution in [2.45, 2.75) is 25.1 Å². The number of aryl methyl sites for hydroxylation is 1. The van der Waals surface area contributed by atoms with Crippen LogP contribution in [0, 0.1) is 0 Å². The van der Waals surface area contributed by atoms with Gasteiger partial charge in [0.15, 0.2) is 0 Å². The number of nitrogens with zero attached hydrogens (tertiary/aromatic N) is 3. The summed E-state index contributed by atoms with van der Waals surface area (Å²) in [5, 5.41) is 3.45. The van der Waals surface area contributed by atoms with Gasteiger partial charge in [-0.05, 0) is 18.1 Å². The first kappa shape index (κ1) is 16.7. The molecular formula is C17H19F3N4. The van der Waals surface area contributed by atoms with Gasteiger partial charge in [0.05, 0.1) is 0 Å². The van der Waals surface area contributed by atoms with E-state index in [-0.39, 0.29) is 12.5 Å². The molecule has 1 aliphatic heterocycles. The molecule has 1 N–H and O–H groups in total. The van der Waals surface area contributed by atoms with E-state index in [4.69, 9.17) is 0 Å². The van der Waals surface area contributed by atoms with Crippen LogP contribution in [-0.2, 0) is 6.42 Å². The molecule has 3 rings (SSSR count). The number of halogens is 3. The lowest BCUT2D eigenvalue weighted by molar-refractivity contribution is -0.134. The number of nitrogens with one attached hydrogen (secondary N) is 1. The van der Waals surface area contributed by atoms with Crippen LogP contribution < -0.4 is 10.2 Å². The number of aromatic nitrogens is 2. The van der Waals surface area contributed by atoms with E-state index >= 15 is 0 Å². The maximum atomic E-state index is 12.4. The minimum atomic E-state index is -4.17. The minimum Gasteiger partial charge on any atom is -0.338 e. The number of anilines is 1. The lowest BCUT2D eigenvalue weighted by Gasteiger charge is -2.34. The predicted molar refractivity (Wildman–Crippen MR) is 85.8 cm³/mol. The zero-order chi connectivity index (χ0) is 17.0. The maximum Gasteiger partial charge on any atom is 0.389 e. The summed E-state index contributed by atoms with van der Waals surface area (Å²) in [6.07, 6.45) is -3.61. The fraction of sp³-hybridized carbons (Fsp3) is 0.412. The van der Waals surface area contributed by atoms with E-state index in [1.54, 1.807) is 6.07 Å². The van der Waals surface area contributed by atoms with E-state index in [1.807, 2.05) is 23.1 Å². The standard InChI is InChI=1S/C17H19F3N4/c18-17(19,20)8-6-14-7-9-22-16(23-14)24-11-10-21-15(12-24)13-4-2-1-3-5-13/h1-5,7,9,15,21H,6,8,10-12H2/t15-/m1/s1. The van der Waals surface area contributed by atoms with Crippen LogP contribution in [0.15, 0.2) is 42.6 Å². The molecule has 0 saturated carbocycles. The Morgan fingerprint density at radius 3 is 2.71 bits per heavy atom. The Kier molecular flexibility index (Phi) is 4.99. The molecular weight excluding hydrogens is 317 g/mol. The summed E-state index contributed by atoms with van der Waals surface area (Å²) in [6, 6.07) is 11.8. The lowest BCUT2D eigenvalue weighted by Crippen LogP contribution is -2.46.